The van der Waals surface area contributed by atoms with Crippen LogP contribution in [0.3, 0.4) is 0 Å². The molecule has 0 unspecified atom stereocenters. The van der Waals surface area contributed by atoms with Crippen LogP contribution < -0.4 is 0 Å². The summed E-state index contributed by atoms with van der Waals surface area (Å²) >= 11 is 0. The van der Waals surface area contributed by atoms with Gasteiger partial charge < -0.3 is 5.11 Å². The van der Waals surface area contributed by atoms with E-state index in [-0.39, 0.29) is 6.10 Å². The van der Waals surface area contributed by atoms with Crippen molar-refractivity contribution in [2.75, 3.05) is 0 Å². The number of benzene rings is 1. The normalized spacial score (nSPS) is 17.4. The second-order valence-corrected chi connectivity index (χ2v) is 5.63. The van der Waals surface area contributed by atoms with Gasteiger partial charge in [-0.15, -0.1) is 0 Å². The van der Waals surface area contributed by atoms with Gasteiger partial charge in [-0.2, -0.15) is 20.1 Å². The number of hydrogen-bond donors (Lipinski definition) is 1. The quantitative estimate of drug-likeness (QED) is 0.792. The Kier molecular flexibility index (Phi) is 3.23. The molecule has 1 N–H and O–H groups in total. The van der Waals surface area contributed by atoms with Gasteiger partial charge in [-0.1, -0.05) is 18.2 Å². The first kappa shape index (κ1) is 13.2. The van der Waals surface area contributed by atoms with E-state index >= 15 is 0 Å². The molecule has 2 heterocycles. The lowest BCUT2D eigenvalue weighted by atomic mass is 9.96. The number of hydrogen-bond acceptors (Lipinski definition) is 4. The predicted molar refractivity (Wildman–Crippen MR) is 80.7 cm³/mol. The summed E-state index contributed by atoms with van der Waals surface area (Å²) in [6, 6.07) is 9.83. The molecule has 0 aliphatic heterocycles. The average Bonchev–Trinajstić information content (AvgIpc) is 3.16. The van der Waals surface area contributed by atoms with Gasteiger partial charge in [0.1, 0.15) is 5.69 Å². The van der Waals surface area contributed by atoms with E-state index in [1.54, 1.807) is 11.0 Å². The van der Waals surface area contributed by atoms with E-state index in [9.17, 15) is 5.11 Å². The zero-order valence-electron chi connectivity index (χ0n) is 12.1. The fraction of sp³-hybridized carbons (Fsp3) is 0.312. The van der Waals surface area contributed by atoms with Crippen LogP contribution in [0.1, 0.15) is 23.4 Å². The summed E-state index contributed by atoms with van der Waals surface area (Å²) < 4.78 is 1.93. The number of nitrogens with zero attached hydrogens (tertiary/aromatic N) is 5. The maximum absolute atomic E-state index is 9.84. The van der Waals surface area contributed by atoms with Gasteiger partial charge in [-0.05, 0) is 30.5 Å². The van der Waals surface area contributed by atoms with Crippen molar-refractivity contribution in [3.8, 4) is 5.69 Å². The summed E-state index contributed by atoms with van der Waals surface area (Å²) in [6.07, 6.45) is 5.80. The van der Waals surface area contributed by atoms with Crippen LogP contribution >= 0.6 is 0 Å². The van der Waals surface area contributed by atoms with Gasteiger partial charge in [0.05, 0.1) is 30.7 Å². The summed E-state index contributed by atoms with van der Waals surface area (Å²) in [5.41, 5.74) is 4.15. The first-order chi connectivity index (χ1) is 10.8. The fourth-order valence-electron chi connectivity index (χ4n) is 2.88. The number of aryl methyl sites for hydroxylation is 1. The SMILES string of the molecule is O[C@H]1CCc2cnn(Cc3cnn(-c4ccccc4)n3)c2C1. The Balaban J connectivity index is 1.58. The maximum atomic E-state index is 9.84. The highest BCUT2D eigenvalue weighted by Crippen LogP contribution is 2.21. The number of para-hydroxylation sites is 1. The van der Waals surface area contributed by atoms with Gasteiger partial charge in [0.25, 0.3) is 0 Å². The average molecular weight is 295 g/mol. The zero-order chi connectivity index (χ0) is 14.9. The first-order valence-electron chi connectivity index (χ1n) is 7.48. The van der Waals surface area contributed by atoms with Crippen molar-refractivity contribution >= 4 is 0 Å². The second kappa shape index (κ2) is 5.38. The van der Waals surface area contributed by atoms with Crippen molar-refractivity contribution in [2.24, 2.45) is 0 Å². The molecule has 0 saturated carbocycles. The van der Waals surface area contributed by atoms with Crippen molar-refractivity contribution in [2.45, 2.75) is 31.9 Å². The molecule has 4 rings (SSSR count). The van der Waals surface area contributed by atoms with Gasteiger partial charge in [0.15, 0.2) is 0 Å². The highest BCUT2D eigenvalue weighted by molar-refractivity contribution is 5.28. The molecule has 6 heteroatoms. The molecule has 112 valence electrons. The molecule has 6 nitrogen and oxygen atoms in total. The smallest absolute Gasteiger partial charge is 0.105 e. The van der Waals surface area contributed by atoms with Crippen molar-refractivity contribution in [1.29, 1.82) is 0 Å². The molecule has 0 fully saturated rings. The highest BCUT2D eigenvalue weighted by Gasteiger charge is 2.21. The van der Waals surface area contributed by atoms with E-state index in [2.05, 4.69) is 15.3 Å². The van der Waals surface area contributed by atoms with Crippen LogP contribution in [0.2, 0.25) is 0 Å². The molecular formula is C16H17N5O. The van der Waals surface area contributed by atoms with E-state index in [1.807, 2.05) is 41.2 Å². The summed E-state index contributed by atoms with van der Waals surface area (Å²) in [5.74, 6) is 0. The van der Waals surface area contributed by atoms with Crippen LogP contribution in [-0.2, 0) is 19.4 Å². The monoisotopic (exact) mass is 295 g/mol. The molecule has 2 aromatic heterocycles. The number of fused-ring (bicyclic) bond motifs is 1. The minimum absolute atomic E-state index is 0.261. The van der Waals surface area contributed by atoms with E-state index < -0.39 is 0 Å². The van der Waals surface area contributed by atoms with Crippen molar-refractivity contribution in [1.82, 2.24) is 24.8 Å². The molecule has 1 aromatic carbocycles. The molecule has 0 spiro atoms. The number of rotatable bonds is 3. The van der Waals surface area contributed by atoms with Crippen LogP contribution in [0, 0.1) is 0 Å². The summed E-state index contributed by atoms with van der Waals surface area (Å²) in [5, 5.41) is 23.1. The van der Waals surface area contributed by atoms with Crippen LogP contribution in [-0.4, -0.2) is 36.0 Å². The summed E-state index contributed by atoms with van der Waals surface area (Å²) in [4.78, 5) is 1.63. The van der Waals surface area contributed by atoms with Gasteiger partial charge in [0, 0.05) is 12.1 Å². The summed E-state index contributed by atoms with van der Waals surface area (Å²) in [7, 11) is 0. The van der Waals surface area contributed by atoms with Crippen LogP contribution in [0.25, 0.3) is 5.69 Å². The van der Waals surface area contributed by atoms with Crippen LogP contribution in [0.5, 0.6) is 0 Å². The Morgan fingerprint density at radius 2 is 2.00 bits per heavy atom. The Bertz CT molecular complexity index is 777. The van der Waals surface area contributed by atoms with E-state index in [0.29, 0.717) is 13.0 Å². The van der Waals surface area contributed by atoms with E-state index in [0.717, 1.165) is 29.9 Å². The molecule has 0 bridgehead atoms. The molecule has 22 heavy (non-hydrogen) atoms. The third-order valence-corrected chi connectivity index (χ3v) is 4.05. The minimum atomic E-state index is -0.261. The Hall–Kier alpha value is -2.47. The predicted octanol–water partition coefficient (Wildman–Crippen LogP) is 1.36. The van der Waals surface area contributed by atoms with Gasteiger partial charge >= 0.3 is 0 Å². The maximum Gasteiger partial charge on any atom is 0.105 e. The largest absolute Gasteiger partial charge is 0.393 e. The third-order valence-electron chi connectivity index (χ3n) is 4.05. The number of aromatic nitrogens is 5. The molecule has 3 aromatic rings. The van der Waals surface area contributed by atoms with Gasteiger partial charge in [-0.25, -0.2) is 0 Å². The van der Waals surface area contributed by atoms with Crippen molar-refractivity contribution < 1.29 is 5.11 Å². The lowest BCUT2D eigenvalue weighted by Crippen LogP contribution is -2.21. The molecule has 1 aliphatic rings. The first-order valence-corrected chi connectivity index (χ1v) is 7.48. The Labute approximate surface area is 128 Å². The Morgan fingerprint density at radius 1 is 1.14 bits per heavy atom. The topological polar surface area (TPSA) is 68.8 Å². The molecule has 1 aliphatic carbocycles. The van der Waals surface area contributed by atoms with E-state index in [4.69, 9.17) is 0 Å². The molecule has 0 saturated heterocycles. The minimum Gasteiger partial charge on any atom is -0.393 e. The fourth-order valence-corrected chi connectivity index (χ4v) is 2.88. The zero-order valence-corrected chi connectivity index (χ0v) is 12.1. The molecule has 1 atom stereocenters. The molecular weight excluding hydrogens is 278 g/mol. The lowest BCUT2D eigenvalue weighted by molar-refractivity contribution is 0.155. The highest BCUT2D eigenvalue weighted by atomic mass is 16.3. The van der Waals surface area contributed by atoms with E-state index in [1.165, 1.54) is 5.56 Å². The third kappa shape index (κ3) is 2.42. The van der Waals surface area contributed by atoms with Crippen molar-refractivity contribution in [3.63, 3.8) is 0 Å². The summed E-state index contributed by atoms with van der Waals surface area (Å²) in [6.45, 7) is 0.578. The molecule has 0 amide bonds. The van der Waals surface area contributed by atoms with Crippen LogP contribution in [0.4, 0.5) is 0 Å². The number of aliphatic hydroxyl groups is 1. The number of aliphatic hydroxyl groups excluding tert-OH is 1. The van der Waals surface area contributed by atoms with Gasteiger partial charge in [-0.3, -0.25) is 4.68 Å². The van der Waals surface area contributed by atoms with Gasteiger partial charge in [0.2, 0.25) is 0 Å². The standard InChI is InChI=1S/C16H17N5O/c22-15-7-6-12-9-17-20(16(12)8-15)11-13-10-18-21(19-13)14-4-2-1-3-5-14/h1-5,9-10,15,22H,6-8,11H2/t15-/m0/s1. The Morgan fingerprint density at radius 3 is 2.86 bits per heavy atom. The molecule has 0 radical (unpaired) electrons. The van der Waals surface area contributed by atoms with Crippen molar-refractivity contribution in [3.05, 3.63) is 59.7 Å². The second-order valence-electron chi connectivity index (χ2n) is 5.63. The van der Waals surface area contributed by atoms with Crippen LogP contribution in [0.15, 0.2) is 42.7 Å². The lowest BCUT2D eigenvalue weighted by Gasteiger charge is -2.18.